The lowest BCUT2D eigenvalue weighted by atomic mass is 10.2. The average molecular weight is 362 g/mol. The molecule has 26 heavy (non-hydrogen) atoms. The topological polar surface area (TPSA) is 50.5 Å². The second-order valence-corrected chi connectivity index (χ2v) is 6.76. The molecule has 5 nitrogen and oxygen atoms in total. The zero-order valence-corrected chi connectivity index (χ0v) is 15.2. The Bertz CT molecular complexity index is 1040. The summed E-state index contributed by atoms with van der Waals surface area (Å²) in [5.41, 5.74) is 3.38. The van der Waals surface area contributed by atoms with Crippen molar-refractivity contribution in [1.29, 1.82) is 0 Å². The minimum absolute atomic E-state index is 0.0585. The van der Waals surface area contributed by atoms with Crippen LogP contribution in [-0.4, -0.2) is 31.7 Å². The van der Waals surface area contributed by atoms with E-state index >= 15 is 0 Å². The second kappa shape index (κ2) is 7.09. The smallest absolute Gasteiger partial charge is 0.273 e. The maximum absolute atomic E-state index is 12.9. The maximum atomic E-state index is 12.9. The first-order chi connectivity index (χ1) is 12.8. The van der Waals surface area contributed by atoms with Crippen LogP contribution in [0.5, 0.6) is 0 Å². The Balaban J connectivity index is 1.57. The van der Waals surface area contributed by atoms with Crippen LogP contribution in [0.4, 0.5) is 0 Å². The third kappa shape index (κ3) is 3.11. The summed E-state index contributed by atoms with van der Waals surface area (Å²) in [7, 11) is 0. The number of amides is 1. The van der Waals surface area contributed by atoms with Crippen LogP contribution in [0, 0.1) is 0 Å². The largest absolute Gasteiger partial charge is 0.332 e. The Morgan fingerprint density at radius 2 is 1.96 bits per heavy atom. The molecule has 0 bridgehead atoms. The molecule has 0 aliphatic heterocycles. The SMILES string of the molecule is CCN(Cc1cnc2ccccn12)C(=O)c1csc(-c2ccccc2)n1. The number of nitrogens with zero attached hydrogens (tertiary/aromatic N) is 4. The zero-order chi connectivity index (χ0) is 17.9. The Labute approximate surface area is 155 Å². The molecule has 1 amide bonds. The highest BCUT2D eigenvalue weighted by Crippen LogP contribution is 2.24. The first kappa shape index (κ1) is 16.5. The van der Waals surface area contributed by atoms with Crippen LogP contribution in [0.2, 0.25) is 0 Å². The standard InChI is InChI=1S/C20H18N4OS/c1-2-23(13-16-12-21-18-10-6-7-11-24(16)18)20(25)17-14-26-19(22-17)15-8-4-3-5-9-15/h3-12,14H,2,13H2,1H3. The van der Waals surface area contributed by atoms with Gasteiger partial charge in [-0.15, -0.1) is 11.3 Å². The van der Waals surface area contributed by atoms with Gasteiger partial charge in [0.25, 0.3) is 5.91 Å². The van der Waals surface area contributed by atoms with Crippen LogP contribution in [0.1, 0.15) is 23.1 Å². The molecular formula is C20H18N4OS. The van der Waals surface area contributed by atoms with E-state index in [0.29, 0.717) is 18.8 Å². The van der Waals surface area contributed by atoms with Crippen molar-refractivity contribution >= 4 is 22.9 Å². The molecule has 0 aliphatic rings. The van der Waals surface area contributed by atoms with E-state index < -0.39 is 0 Å². The number of benzene rings is 1. The molecule has 0 N–H and O–H groups in total. The predicted molar refractivity (Wildman–Crippen MR) is 103 cm³/mol. The number of aromatic nitrogens is 3. The maximum Gasteiger partial charge on any atom is 0.273 e. The van der Waals surface area contributed by atoms with E-state index in [1.807, 2.05) is 77.6 Å². The van der Waals surface area contributed by atoms with Crippen molar-refractivity contribution in [3.8, 4) is 10.6 Å². The summed E-state index contributed by atoms with van der Waals surface area (Å²) in [6.45, 7) is 3.08. The third-order valence-electron chi connectivity index (χ3n) is 4.26. The van der Waals surface area contributed by atoms with Gasteiger partial charge in [-0.3, -0.25) is 4.79 Å². The number of thiazole rings is 1. The minimum Gasteiger partial charge on any atom is -0.332 e. The number of imidazole rings is 1. The third-order valence-corrected chi connectivity index (χ3v) is 5.15. The highest BCUT2D eigenvalue weighted by Gasteiger charge is 2.19. The van der Waals surface area contributed by atoms with Crippen LogP contribution < -0.4 is 0 Å². The fourth-order valence-corrected chi connectivity index (χ4v) is 3.67. The number of carbonyl (C=O) groups is 1. The number of hydrogen-bond donors (Lipinski definition) is 0. The second-order valence-electron chi connectivity index (χ2n) is 5.90. The fraction of sp³-hybridized carbons (Fsp3) is 0.150. The van der Waals surface area contributed by atoms with Crippen molar-refractivity contribution in [2.75, 3.05) is 6.54 Å². The van der Waals surface area contributed by atoms with E-state index in [4.69, 9.17) is 0 Å². The van der Waals surface area contributed by atoms with E-state index in [0.717, 1.165) is 21.9 Å². The first-order valence-corrected chi connectivity index (χ1v) is 9.35. The van der Waals surface area contributed by atoms with Gasteiger partial charge < -0.3 is 9.30 Å². The number of carbonyl (C=O) groups excluding carboxylic acids is 1. The van der Waals surface area contributed by atoms with Crippen LogP contribution >= 0.6 is 11.3 Å². The molecule has 4 rings (SSSR count). The molecule has 3 heterocycles. The van der Waals surface area contributed by atoms with Gasteiger partial charge in [-0.05, 0) is 19.1 Å². The molecule has 130 valence electrons. The Kier molecular flexibility index (Phi) is 4.50. The quantitative estimate of drug-likeness (QED) is 0.537. The molecule has 0 saturated carbocycles. The summed E-state index contributed by atoms with van der Waals surface area (Å²) in [4.78, 5) is 23.7. The molecular weight excluding hydrogens is 344 g/mol. The van der Waals surface area contributed by atoms with Crippen LogP contribution in [0.15, 0.2) is 66.3 Å². The van der Waals surface area contributed by atoms with Crippen molar-refractivity contribution in [1.82, 2.24) is 19.3 Å². The number of hydrogen-bond acceptors (Lipinski definition) is 4. The van der Waals surface area contributed by atoms with Crippen LogP contribution in [-0.2, 0) is 6.54 Å². The monoisotopic (exact) mass is 362 g/mol. The highest BCUT2D eigenvalue weighted by atomic mass is 32.1. The van der Waals surface area contributed by atoms with Gasteiger partial charge >= 0.3 is 0 Å². The summed E-state index contributed by atoms with van der Waals surface area (Å²) in [6, 6.07) is 15.8. The Morgan fingerprint density at radius 3 is 2.77 bits per heavy atom. The summed E-state index contributed by atoms with van der Waals surface area (Å²) in [5, 5.41) is 2.70. The van der Waals surface area contributed by atoms with Gasteiger partial charge in [0, 0.05) is 23.7 Å². The number of fused-ring (bicyclic) bond motifs is 1. The van der Waals surface area contributed by atoms with Crippen LogP contribution in [0.25, 0.3) is 16.2 Å². The normalized spacial score (nSPS) is 11.0. The van der Waals surface area contributed by atoms with Crippen LogP contribution in [0.3, 0.4) is 0 Å². The van der Waals surface area contributed by atoms with Crippen molar-refractivity contribution in [2.24, 2.45) is 0 Å². The summed E-state index contributed by atoms with van der Waals surface area (Å²) in [6.07, 6.45) is 3.79. The van der Waals surface area contributed by atoms with Gasteiger partial charge in [-0.25, -0.2) is 9.97 Å². The van der Waals surface area contributed by atoms with Gasteiger partial charge in [0.1, 0.15) is 16.3 Å². The molecule has 0 aliphatic carbocycles. The number of pyridine rings is 1. The zero-order valence-electron chi connectivity index (χ0n) is 14.4. The van der Waals surface area contributed by atoms with Gasteiger partial charge in [0.15, 0.2) is 0 Å². The lowest BCUT2D eigenvalue weighted by molar-refractivity contribution is 0.0745. The van der Waals surface area contributed by atoms with Crippen molar-refractivity contribution < 1.29 is 4.79 Å². The van der Waals surface area contributed by atoms with Gasteiger partial charge in [0.2, 0.25) is 0 Å². The van der Waals surface area contributed by atoms with Gasteiger partial charge in [-0.1, -0.05) is 36.4 Å². The van der Waals surface area contributed by atoms with Gasteiger partial charge in [0.05, 0.1) is 18.4 Å². The molecule has 0 unspecified atom stereocenters. The van der Waals surface area contributed by atoms with Crippen molar-refractivity contribution in [3.63, 3.8) is 0 Å². The van der Waals surface area contributed by atoms with Gasteiger partial charge in [-0.2, -0.15) is 0 Å². The Hall–Kier alpha value is -2.99. The van der Waals surface area contributed by atoms with E-state index in [1.165, 1.54) is 11.3 Å². The molecule has 0 fully saturated rings. The molecule has 4 aromatic rings. The van der Waals surface area contributed by atoms with Crippen molar-refractivity contribution in [2.45, 2.75) is 13.5 Å². The lowest BCUT2D eigenvalue weighted by Crippen LogP contribution is -2.31. The fourth-order valence-electron chi connectivity index (χ4n) is 2.87. The van der Waals surface area contributed by atoms with E-state index in [1.54, 1.807) is 4.90 Å². The summed E-state index contributed by atoms with van der Waals surface area (Å²) < 4.78 is 2.01. The highest BCUT2D eigenvalue weighted by molar-refractivity contribution is 7.13. The summed E-state index contributed by atoms with van der Waals surface area (Å²) in [5.74, 6) is -0.0585. The average Bonchev–Trinajstić information content (AvgIpc) is 3.34. The molecule has 3 aromatic heterocycles. The lowest BCUT2D eigenvalue weighted by Gasteiger charge is -2.19. The molecule has 0 atom stereocenters. The summed E-state index contributed by atoms with van der Waals surface area (Å²) >= 11 is 1.49. The molecule has 0 saturated heterocycles. The molecule has 0 spiro atoms. The van der Waals surface area contributed by atoms with E-state index in [2.05, 4.69) is 9.97 Å². The number of rotatable bonds is 5. The van der Waals surface area contributed by atoms with E-state index in [9.17, 15) is 4.79 Å². The van der Waals surface area contributed by atoms with Crippen molar-refractivity contribution in [3.05, 3.63) is 77.7 Å². The molecule has 0 radical (unpaired) electrons. The predicted octanol–water partition coefficient (Wildman–Crippen LogP) is 4.12. The van der Waals surface area contributed by atoms with E-state index in [-0.39, 0.29) is 5.91 Å². The molecule has 1 aromatic carbocycles. The minimum atomic E-state index is -0.0585. The first-order valence-electron chi connectivity index (χ1n) is 8.47. The Morgan fingerprint density at radius 1 is 1.15 bits per heavy atom. The molecule has 6 heteroatoms.